The van der Waals surface area contributed by atoms with Gasteiger partial charge in [0.1, 0.15) is 0 Å². The van der Waals surface area contributed by atoms with E-state index in [0.29, 0.717) is 5.92 Å². The SMILES string of the molecule is CCC(CC)C(CNCC(C)C)c1ccc(C)cc1. The van der Waals surface area contributed by atoms with Gasteiger partial charge in [-0.05, 0) is 36.8 Å². The van der Waals surface area contributed by atoms with Gasteiger partial charge in [0.2, 0.25) is 0 Å². The van der Waals surface area contributed by atoms with Gasteiger partial charge < -0.3 is 5.32 Å². The lowest BCUT2D eigenvalue weighted by molar-refractivity contribution is 0.373. The van der Waals surface area contributed by atoms with Crippen molar-refractivity contribution in [1.29, 1.82) is 0 Å². The molecule has 1 unspecified atom stereocenters. The molecule has 0 aliphatic rings. The fraction of sp³-hybridized carbons (Fsp3) is 0.667. The molecule has 0 amide bonds. The maximum atomic E-state index is 3.65. The third kappa shape index (κ3) is 5.36. The molecule has 1 nitrogen and oxygen atoms in total. The lowest BCUT2D eigenvalue weighted by Gasteiger charge is -2.27. The fourth-order valence-corrected chi connectivity index (χ4v) is 2.76. The highest BCUT2D eigenvalue weighted by molar-refractivity contribution is 5.25. The number of nitrogens with one attached hydrogen (secondary N) is 1. The summed E-state index contributed by atoms with van der Waals surface area (Å²) in [6, 6.07) is 9.12. The Kier molecular flexibility index (Phi) is 7.15. The molecule has 0 saturated heterocycles. The predicted molar refractivity (Wildman–Crippen MR) is 85.7 cm³/mol. The van der Waals surface area contributed by atoms with Gasteiger partial charge in [0.15, 0.2) is 0 Å². The third-order valence-electron chi connectivity index (χ3n) is 4.04. The first-order valence-corrected chi connectivity index (χ1v) is 7.85. The van der Waals surface area contributed by atoms with Crippen molar-refractivity contribution in [3.8, 4) is 0 Å². The maximum absolute atomic E-state index is 3.65. The molecule has 0 heterocycles. The van der Waals surface area contributed by atoms with E-state index in [1.807, 2.05) is 0 Å². The molecular formula is C18H31N. The van der Waals surface area contributed by atoms with Crippen molar-refractivity contribution in [3.05, 3.63) is 35.4 Å². The Labute approximate surface area is 119 Å². The van der Waals surface area contributed by atoms with E-state index in [0.717, 1.165) is 24.9 Å². The van der Waals surface area contributed by atoms with Gasteiger partial charge in [-0.3, -0.25) is 0 Å². The van der Waals surface area contributed by atoms with E-state index in [-0.39, 0.29) is 0 Å². The third-order valence-corrected chi connectivity index (χ3v) is 4.04. The zero-order valence-corrected chi connectivity index (χ0v) is 13.4. The van der Waals surface area contributed by atoms with Gasteiger partial charge in [-0.2, -0.15) is 0 Å². The summed E-state index contributed by atoms with van der Waals surface area (Å²) in [6.07, 6.45) is 2.52. The Morgan fingerprint density at radius 2 is 1.53 bits per heavy atom. The molecule has 0 aliphatic heterocycles. The van der Waals surface area contributed by atoms with Crippen molar-refractivity contribution in [1.82, 2.24) is 5.32 Å². The van der Waals surface area contributed by atoms with Gasteiger partial charge in [-0.15, -0.1) is 0 Å². The van der Waals surface area contributed by atoms with Crippen LogP contribution in [-0.4, -0.2) is 13.1 Å². The van der Waals surface area contributed by atoms with Crippen LogP contribution in [-0.2, 0) is 0 Å². The molecule has 1 aromatic rings. The van der Waals surface area contributed by atoms with Crippen molar-refractivity contribution in [2.75, 3.05) is 13.1 Å². The van der Waals surface area contributed by atoms with Crippen molar-refractivity contribution in [3.63, 3.8) is 0 Å². The molecular weight excluding hydrogens is 230 g/mol. The van der Waals surface area contributed by atoms with E-state index in [2.05, 4.69) is 64.2 Å². The maximum Gasteiger partial charge on any atom is 0.00229 e. The van der Waals surface area contributed by atoms with Crippen LogP contribution >= 0.6 is 0 Å². The Bertz CT molecular complexity index is 335. The predicted octanol–water partition coefficient (Wildman–Crippen LogP) is 4.76. The minimum atomic E-state index is 0.648. The van der Waals surface area contributed by atoms with E-state index in [9.17, 15) is 0 Å². The summed E-state index contributed by atoms with van der Waals surface area (Å²) in [4.78, 5) is 0. The Hall–Kier alpha value is -0.820. The second-order valence-corrected chi connectivity index (χ2v) is 6.15. The molecule has 1 atom stereocenters. The molecule has 0 saturated carbocycles. The van der Waals surface area contributed by atoms with E-state index in [1.165, 1.54) is 24.0 Å². The molecule has 19 heavy (non-hydrogen) atoms. The summed E-state index contributed by atoms with van der Waals surface area (Å²) in [5.74, 6) is 2.15. The van der Waals surface area contributed by atoms with E-state index in [4.69, 9.17) is 0 Å². The van der Waals surface area contributed by atoms with Gasteiger partial charge in [0.25, 0.3) is 0 Å². The second kappa shape index (κ2) is 8.37. The summed E-state index contributed by atoms with van der Waals surface area (Å²) in [7, 11) is 0. The van der Waals surface area contributed by atoms with Crippen LogP contribution in [0.15, 0.2) is 24.3 Å². The molecule has 1 N–H and O–H groups in total. The average Bonchev–Trinajstić information content (AvgIpc) is 2.39. The van der Waals surface area contributed by atoms with Crippen molar-refractivity contribution < 1.29 is 0 Å². The van der Waals surface area contributed by atoms with E-state index < -0.39 is 0 Å². The molecule has 0 fully saturated rings. The molecule has 0 radical (unpaired) electrons. The second-order valence-electron chi connectivity index (χ2n) is 6.15. The monoisotopic (exact) mass is 261 g/mol. The van der Waals surface area contributed by atoms with Crippen molar-refractivity contribution in [2.45, 2.75) is 53.4 Å². The minimum Gasteiger partial charge on any atom is -0.316 e. The minimum absolute atomic E-state index is 0.648. The Morgan fingerprint density at radius 3 is 2.00 bits per heavy atom. The summed E-state index contributed by atoms with van der Waals surface area (Å²) >= 11 is 0. The first kappa shape index (κ1) is 16.2. The lowest BCUT2D eigenvalue weighted by Crippen LogP contribution is -2.29. The highest BCUT2D eigenvalue weighted by Crippen LogP contribution is 2.29. The lowest BCUT2D eigenvalue weighted by atomic mass is 9.82. The topological polar surface area (TPSA) is 12.0 Å². The zero-order chi connectivity index (χ0) is 14.3. The van der Waals surface area contributed by atoms with Crippen LogP contribution in [0.5, 0.6) is 0 Å². The van der Waals surface area contributed by atoms with Crippen LogP contribution in [0.25, 0.3) is 0 Å². The molecule has 0 bridgehead atoms. The number of hydrogen-bond acceptors (Lipinski definition) is 1. The fourth-order valence-electron chi connectivity index (χ4n) is 2.76. The smallest absolute Gasteiger partial charge is 0.00229 e. The molecule has 1 aromatic carbocycles. The quantitative estimate of drug-likeness (QED) is 0.711. The summed E-state index contributed by atoms with van der Waals surface area (Å²) < 4.78 is 0. The Balaban J connectivity index is 2.76. The van der Waals surface area contributed by atoms with Gasteiger partial charge >= 0.3 is 0 Å². The summed E-state index contributed by atoms with van der Waals surface area (Å²) in [6.45, 7) is 13.6. The normalized spacial score (nSPS) is 13.2. The van der Waals surface area contributed by atoms with Crippen molar-refractivity contribution in [2.24, 2.45) is 11.8 Å². The first-order chi connectivity index (χ1) is 9.08. The van der Waals surface area contributed by atoms with Gasteiger partial charge in [0.05, 0.1) is 0 Å². The molecule has 1 rings (SSSR count). The summed E-state index contributed by atoms with van der Waals surface area (Å²) in [5.41, 5.74) is 2.85. The number of benzene rings is 1. The molecule has 0 aliphatic carbocycles. The largest absolute Gasteiger partial charge is 0.316 e. The number of aryl methyl sites for hydroxylation is 1. The van der Waals surface area contributed by atoms with Crippen molar-refractivity contribution >= 4 is 0 Å². The highest BCUT2D eigenvalue weighted by Gasteiger charge is 2.20. The van der Waals surface area contributed by atoms with Gasteiger partial charge in [0, 0.05) is 6.54 Å². The van der Waals surface area contributed by atoms with Crippen LogP contribution in [0.1, 0.15) is 57.6 Å². The zero-order valence-electron chi connectivity index (χ0n) is 13.4. The molecule has 0 spiro atoms. The highest BCUT2D eigenvalue weighted by atomic mass is 14.9. The standard InChI is InChI=1S/C18H31N/c1-6-16(7-2)18(13-19-12-14(3)4)17-10-8-15(5)9-11-17/h8-11,14,16,18-19H,6-7,12-13H2,1-5H3. The van der Waals surface area contributed by atoms with Crippen LogP contribution in [0.4, 0.5) is 0 Å². The van der Waals surface area contributed by atoms with Gasteiger partial charge in [-0.1, -0.05) is 70.4 Å². The molecule has 1 heteroatoms. The van der Waals surface area contributed by atoms with Crippen LogP contribution in [0.3, 0.4) is 0 Å². The number of hydrogen-bond donors (Lipinski definition) is 1. The first-order valence-electron chi connectivity index (χ1n) is 7.85. The summed E-state index contributed by atoms with van der Waals surface area (Å²) in [5, 5.41) is 3.65. The molecule has 108 valence electrons. The van der Waals surface area contributed by atoms with Gasteiger partial charge in [-0.25, -0.2) is 0 Å². The van der Waals surface area contributed by atoms with Crippen LogP contribution in [0.2, 0.25) is 0 Å². The van der Waals surface area contributed by atoms with E-state index >= 15 is 0 Å². The van der Waals surface area contributed by atoms with Crippen LogP contribution < -0.4 is 5.32 Å². The molecule has 0 aromatic heterocycles. The van der Waals surface area contributed by atoms with Crippen LogP contribution in [0, 0.1) is 18.8 Å². The average molecular weight is 261 g/mol. The van der Waals surface area contributed by atoms with E-state index in [1.54, 1.807) is 0 Å². The Morgan fingerprint density at radius 1 is 0.947 bits per heavy atom. The number of rotatable bonds is 8.